The van der Waals surface area contributed by atoms with Gasteiger partial charge in [0.1, 0.15) is 5.75 Å². The third-order valence-electron chi connectivity index (χ3n) is 4.48. The number of hydrogen-bond donors (Lipinski definition) is 0. The molecule has 3 aromatic rings. The maximum Gasteiger partial charge on any atom is 0.274 e. The van der Waals surface area contributed by atoms with Crippen LogP contribution in [0, 0.1) is 17.0 Å². The molecule has 0 spiro atoms. The van der Waals surface area contributed by atoms with Crippen LogP contribution >= 0.6 is 0 Å². The lowest BCUT2D eigenvalue weighted by Gasteiger charge is -2.31. The van der Waals surface area contributed by atoms with Gasteiger partial charge in [-0.1, -0.05) is 36.4 Å². The number of nitro groups is 1. The first-order chi connectivity index (χ1) is 11.6. The van der Waals surface area contributed by atoms with Gasteiger partial charge in [-0.2, -0.15) is 0 Å². The highest BCUT2D eigenvalue weighted by Gasteiger charge is 2.22. The SMILES string of the molecule is Cc1ccc(N2COc3ccc4ccccc4c3C2)cc1[N+](=O)[O-]. The smallest absolute Gasteiger partial charge is 0.274 e. The average Bonchev–Trinajstić information content (AvgIpc) is 2.61. The van der Waals surface area contributed by atoms with Gasteiger partial charge in [-0.05, 0) is 29.8 Å². The lowest BCUT2D eigenvalue weighted by Crippen LogP contribution is -2.32. The van der Waals surface area contributed by atoms with Crippen molar-refractivity contribution in [1.82, 2.24) is 0 Å². The Morgan fingerprint density at radius 2 is 1.96 bits per heavy atom. The van der Waals surface area contributed by atoms with Gasteiger partial charge in [-0.25, -0.2) is 0 Å². The number of anilines is 1. The van der Waals surface area contributed by atoms with Crippen molar-refractivity contribution in [3.63, 3.8) is 0 Å². The first kappa shape index (κ1) is 14.5. The first-order valence-electron chi connectivity index (χ1n) is 7.77. The maximum absolute atomic E-state index is 11.2. The number of nitro benzene ring substituents is 1. The number of rotatable bonds is 2. The van der Waals surface area contributed by atoms with Gasteiger partial charge in [0.15, 0.2) is 6.73 Å². The molecule has 4 rings (SSSR count). The number of nitrogens with zero attached hydrogens (tertiary/aromatic N) is 2. The summed E-state index contributed by atoms with van der Waals surface area (Å²) in [6.07, 6.45) is 0. The molecule has 0 saturated carbocycles. The third kappa shape index (κ3) is 2.34. The van der Waals surface area contributed by atoms with Crippen LogP contribution in [0.5, 0.6) is 5.75 Å². The largest absolute Gasteiger partial charge is 0.473 e. The highest BCUT2D eigenvalue weighted by molar-refractivity contribution is 5.88. The predicted molar refractivity (Wildman–Crippen MR) is 93.5 cm³/mol. The summed E-state index contributed by atoms with van der Waals surface area (Å²) in [5, 5.41) is 13.5. The summed E-state index contributed by atoms with van der Waals surface area (Å²) in [6, 6.07) is 17.5. The van der Waals surface area contributed by atoms with Crippen LogP contribution in [0.4, 0.5) is 11.4 Å². The number of ether oxygens (including phenoxy) is 1. The standard InChI is InChI=1S/C19H16N2O3/c1-13-6-8-15(10-18(13)21(22)23)20-11-17-16-5-3-2-4-14(16)7-9-19(17)24-12-20/h2-10H,11-12H2,1H3. The van der Waals surface area contributed by atoms with Crippen LogP contribution in [0.15, 0.2) is 54.6 Å². The summed E-state index contributed by atoms with van der Waals surface area (Å²) in [5.74, 6) is 0.881. The molecule has 120 valence electrons. The Kier molecular flexibility index (Phi) is 3.34. The van der Waals surface area contributed by atoms with Crippen molar-refractivity contribution in [1.29, 1.82) is 0 Å². The molecule has 0 saturated heterocycles. The minimum Gasteiger partial charge on any atom is -0.473 e. The zero-order chi connectivity index (χ0) is 16.7. The van der Waals surface area contributed by atoms with Crippen LogP contribution in [0.3, 0.4) is 0 Å². The minimum absolute atomic E-state index is 0.135. The lowest BCUT2D eigenvalue weighted by molar-refractivity contribution is -0.385. The second-order valence-electron chi connectivity index (χ2n) is 5.96. The Labute approximate surface area is 139 Å². The van der Waals surface area contributed by atoms with Crippen LogP contribution < -0.4 is 9.64 Å². The Balaban J connectivity index is 1.75. The number of benzene rings is 3. The molecule has 24 heavy (non-hydrogen) atoms. The van der Waals surface area contributed by atoms with Crippen molar-refractivity contribution in [3.8, 4) is 5.75 Å². The van der Waals surface area contributed by atoms with Crippen molar-refractivity contribution in [2.45, 2.75) is 13.5 Å². The van der Waals surface area contributed by atoms with E-state index in [4.69, 9.17) is 4.74 Å². The molecule has 3 aromatic carbocycles. The Hall–Kier alpha value is -3.08. The van der Waals surface area contributed by atoms with E-state index in [9.17, 15) is 10.1 Å². The maximum atomic E-state index is 11.2. The summed E-state index contributed by atoms with van der Waals surface area (Å²) in [6.45, 7) is 2.79. The highest BCUT2D eigenvalue weighted by Crippen LogP contribution is 2.35. The second kappa shape index (κ2) is 5.53. The molecule has 0 aliphatic carbocycles. The minimum atomic E-state index is -0.340. The fourth-order valence-corrected chi connectivity index (χ4v) is 3.16. The molecular weight excluding hydrogens is 304 g/mol. The summed E-state index contributed by atoms with van der Waals surface area (Å²) in [4.78, 5) is 12.9. The summed E-state index contributed by atoms with van der Waals surface area (Å²) >= 11 is 0. The van der Waals surface area contributed by atoms with Crippen molar-refractivity contribution in [2.24, 2.45) is 0 Å². The Bertz CT molecular complexity index is 952. The van der Waals surface area contributed by atoms with Crippen molar-refractivity contribution in [3.05, 3.63) is 75.8 Å². The van der Waals surface area contributed by atoms with E-state index in [2.05, 4.69) is 18.2 Å². The van der Waals surface area contributed by atoms with Gasteiger partial charge in [-0.3, -0.25) is 10.1 Å². The molecule has 0 fully saturated rings. The van der Waals surface area contributed by atoms with Gasteiger partial charge >= 0.3 is 0 Å². The Morgan fingerprint density at radius 3 is 2.79 bits per heavy atom. The molecule has 0 amide bonds. The van der Waals surface area contributed by atoms with E-state index in [1.54, 1.807) is 19.1 Å². The van der Waals surface area contributed by atoms with Gasteiger partial charge in [-0.15, -0.1) is 0 Å². The lowest BCUT2D eigenvalue weighted by atomic mass is 10.0. The van der Waals surface area contributed by atoms with Gasteiger partial charge in [0, 0.05) is 22.9 Å². The van der Waals surface area contributed by atoms with Crippen LogP contribution in [-0.4, -0.2) is 11.7 Å². The fraction of sp³-hybridized carbons (Fsp3) is 0.158. The predicted octanol–water partition coefficient (Wildman–Crippen LogP) is 4.41. The van der Waals surface area contributed by atoms with Gasteiger partial charge in [0.25, 0.3) is 5.69 Å². The molecule has 0 N–H and O–H groups in total. The van der Waals surface area contributed by atoms with Gasteiger partial charge < -0.3 is 9.64 Å². The topological polar surface area (TPSA) is 55.6 Å². The summed E-state index contributed by atoms with van der Waals surface area (Å²) in [7, 11) is 0. The Morgan fingerprint density at radius 1 is 1.12 bits per heavy atom. The molecule has 5 nitrogen and oxygen atoms in total. The van der Waals surface area contributed by atoms with E-state index < -0.39 is 0 Å². The zero-order valence-corrected chi connectivity index (χ0v) is 13.2. The van der Waals surface area contributed by atoms with Crippen LogP contribution in [0.1, 0.15) is 11.1 Å². The van der Waals surface area contributed by atoms with Gasteiger partial charge in [0.2, 0.25) is 0 Å². The molecule has 0 atom stereocenters. The van der Waals surface area contributed by atoms with Gasteiger partial charge in [0.05, 0.1) is 11.5 Å². The number of hydrogen-bond acceptors (Lipinski definition) is 4. The monoisotopic (exact) mass is 320 g/mol. The molecule has 0 bridgehead atoms. The molecule has 0 radical (unpaired) electrons. The highest BCUT2D eigenvalue weighted by atomic mass is 16.6. The van der Waals surface area contributed by atoms with Crippen LogP contribution in [0.25, 0.3) is 10.8 Å². The van der Waals surface area contributed by atoms with Crippen molar-refractivity contribution < 1.29 is 9.66 Å². The number of fused-ring (bicyclic) bond motifs is 3. The quantitative estimate of drug-likeness (QED) is 0.518. The van der Waals surface area contributed by atoms with E-state index in [1.807, 2.05) is 29.2 Å². The summed E-state index contributed by atoms with van der Waals surface area (Å²) < 4.78 is 5.89. The van der Waals surface area contributed by atoms with Crippen LogP contribution in [-0.2, 0) is 6.54 Å². The van der Waals surface area contributed by atoms with E-state index >= 15 is 0 Å². The van der Waals surface area contributed by atoms with E-state index in [0.29, 0.717) is 18.8 Å². The fourth-order valence-electron chi connectivity index (χ4n) is 3.16. The molecule has 1 aliphatic heterocycles. The van der Waals surface area contributed by atoms with Crippen molar-refractivity contribution in [2.75, 3.05) is 11.6 Å². The van der Waals surface area contributed by atoms with E-state index in [-0.39, 0.29) is 10.6 Å². The molecular formula is C19H16N2O3. The molecule has 0 unspecified atom stereocenters. The molecule has 1 aliphatic rings. The van der Waals surface area contributed by atoms with Crippen molar-refractivity contribution >= 4 is 22.1 Å². The van der Waals surface area contributed by atoms with Crippen LogP contribution in [0.2, 0.25) is 0 Å². The first-order valence-corrected chi connectivity index (χ1v) is 7.77. The van der Waals surface area contributed by atoms with E-state index in [0.717, 1.165) is 27.8 Å². The second-order valence-corrected chi connectivity index (χ2v) is 5.96. The molecule has 0 aromatic heterocycles. The molecule has 5 heteroatoms. The molecule has 1 heterocycles. The average molecular weight is 320 g/mol. The third-order valence-corrected chi connectivity index (χ3v) is 4.48. The van der Waals surface area contributed by atoms with E-state index in [1.165, 1.54) is 0 Å². The summed E-state index contributed by atoms with van der Waals surface area (Å²) in [5.41, 5.74) is 2.71. The zero-order valence-electron chi connectivity index (χ0n) is 13.2. The normalized spacial score (nSPS) is 13.5. The number of aryl methyl sites for hydroxylation is 1.